The van der Waals surface area contributed by atoms with Crippen LogP contribution in [0.4, 0.5) is 10.5 Å². The molecule has 4 aromatic rings. The van der Waals surface area contributed by atoms with E-state index >= 15 is 0 Å². The van der Waals surface area contributed by atoms with Crippen LogP contribution in [0.5, 0.6) is 0 Å². The Hall–Kier alpha value is -4.12. The van der Waals surface area contributed by atoms with Crippen molar-refractivity contribution in [3.63, 3.8) is 0 Å². The second-order valence-corrected chi connectivity index (χ2v) is 11.5. The highest BCUT2D eigenvalue weighted by atomic mass is 16.6. The van der Waals surface area contributed by atoms with Crippen molar-refractivity contribution in [1.29, 1.82) is 0 Å². The van der Waals surface area contributed by atoms with E-state index in [4.69, 9.17) is 14.5 Å². The van der Waals surface area contributed by atoms with E-state index in [0.717, 1.165) is 60.3 Å². The molecule has 2 saturated heterocycles. The maximum absolute atomic E-state index is 13.1. The Kier molecular flexibility index (Phi) is 6.83. The van der Waals surface area contributed by atoms with Crippen LogP contribution in [0.15, 0.2) is 36.4 Å². The predicted molar refractivity (Wildman–Crippen MR) is 152 cm³/mol. The minimum absolute atomic E-state index is 0.162. The summed E-state index contributed by atoms with van der Waals surface area (Å²) in [5.41, 5.74) is 4.43. The van der Waals surface area contributed by atoms with Crippen LogP contribution in [0.2, 0.25) is 0 Å². The first-order valence-corrected chi connectivity index (χ1v) is 13.8. The molecule has 4 heterocycles. The number of hydrogen-bond donors (Lipinski definition) is 3. The van der Waals surface area contributed by atoms with Gasteiger partial charge < -0.3 is 29.6 Å². The van der Waals surface area contributed by atoms with Crippen molar-refractivity contribution in [3.8, 4) is 11.5 Å². The Labute approximate surface area is 232 Å². The Balaban J connectivity index is 1.14. The normalized spacial score (nSPS) is 18.0. The van der Waals surface area contributed by atoms with E-state index in [1.807, 2.05) is 39.0 Å². The SMILES string of the molecule is CC(C)(C)OC(=O)N1CC[C@H](CNC(=O)c2ccc3[nH]nc(-c4nc5ccc(N6CCOCC6)cc5[nH]4)c3c2)C1. The fraction of sp³-hybridized carbons (Fsp3) is 0.448. The van der Waals surface area contributed by atoms with Gasteiger partial charge in [-0.15, -0.1) is 0 Å². The standard InChI is InChI=1S/C29H35N7O4/c1-29(2,3)40-28(38)36-9-8-18(17-36)16-30-27(37)19-4-6-22-21(14-19)25(34-33-22)26-31-23-7-5-20(15-24(23)32-26)35-10-12-39-13-11-35/h4-7,14-15,18H,8-13,16-17H2,1-3H3,(H,30,37)(H,31,32)(H,33,34)/t18-/m1/s1. The van der Waals surface area contributed by atoms with Crippen molar-refractivity contribution in [3.05, 3.63) is 42.0 Å². The smallest absolute Gasteiger partial charge is 0.410 e. The first kappa shape index (κ1) is 26.1. The quantitative estimate of drug-likeness (QED) is 0.347. The van der Waals surface area contributed by atoms with E-state index in [1.165, 1.54) is 0 Å². The van der Waals surface area contributed by atoms with Crippen LogP contribution >= 0.6 is 0 Å². The molecular weight excluding hydrogens is 510 g/mol. The van der Waals surface area contributed by atoms with Gasteiger partial charge in [0.25, 0.3) is 5.91 Å². The van der Waals surface area contributed by atoms with E-state index in [-0.39, 0.29) is 17.9 Å². The van der Waals surface area contributed by atoms with E-state index in [9.17, 15) is 9.59 Å². The van der Waals surface area contributed by atoms with Gasteiger partial charge in [-0.3, -0.25) is 9.89 Å². The zero-order valence-electron chi connectivity index (χ0n) is 23.1. The molecule has 6 rings (SSSR count). The zero-order valence-corrected chi connectivity index (χ0v) is 23.1. The molecule has 210 valence electrons. The number of hydrogen-bond acceptors (Lipinski definition) is 7. The van der Waals surface area contributed by atoms with Crippen LogP contribution in [-0.4, -0.2) is 88.6 Å². The summed E-state index contributed by atoms with van der Waals surface area (Å²) in [7, 11) is 0. The lowest BCUT2D eigenvalue weighted by molar-refractivity contribution is 0.0288. The molecule has 40 heavy (non-hydrogen) atoms. The maximum Gasteiger partial charge on any atom is 0.410 e. The molecule has 2 aromatic heterocycles. The number of likely N-dealkylation sites (tertiary alicyclic amines) is 1. The molecule has 2 fully saturated rings. The van der Waals surface area contributed by atoms with Crippen LogP contribution in [0.3, 0.4) is 0 Å². The fourth-order valence-corrected chi connectivity index (χ4v) is 5.29. The van der Waals surface area contributed by atoms with Gasteiger partial charge in [0.2, 0.25) is 0 Å². The van der Waals surface area contributed by atoms with Gasteiger partial charge in [0.15, 0.2) is 5.82 Å². The number of rotatable bonds is 5. The molecule has 0 radical (unpaired) electrons. The molecule has 0 aliphatic carbocycles. The summed E-state index contributed by atoms with van der Waals surface area (Å²) in [6.07, 6.45) is 0.520. The monoisotopic (exact) mass is 545 g/mol. The summed E-state index contributed by atoms with van der Waals surface area (Å²) in [5, 5.41) is 11.4. The number of aromatic nitrogens is 4. The van der Waals surface area contributed by atoms with Gasteiger partial charge in [-0.25, -0.2) is 9.78 Å². The lowest BCUT2D eigenvalue weighted by Gasteiger charge is -2.28. The number of amides is 2. The van der Waals surface area contributed by atoms with Crippen LogP contribution in [-0.2, 0) is 9.47 Å². The van der Waals surface area contributed by atoms with E-state index < -0.39 is 5.60 Å². The Morgan fingerprint density at radius 3 is 2.73 bits per heavy atom. The highest BCUT2D eigenvalue weighted by molar-refractivity contribution is 6.01. The van der Waals surface area contributed by atoms with E-state index in [1.54, 1.807) is 11.0 Å². The Morgan fingerprint density at radius 1 is 1.10 bits per heavy atom. The van der Waals surface area contributed by atoms with Gasteiger partial charge in [0.1, 0.15) is 11.3 Å². The summed E-state index contributed by atoms with van der Waals surface area (Å²) in [6, 6.07) is 11.7. The van der Waals surface area contributed by atoms with E-state index in [2.05, 4.69) is 37.5 Å². The third-order valence-electron chi connectivity index (χ3n) is 7.38. The fourth-order valence-electron chi connectivity index (χ4n) is 5.29. The first-order chi connectivity index (χ1) is 19.2. The number of fused-ring (bicyclic) bond motifs is 2. The van der Waals surface area contributed by atoms with Crippen molar-refractivity contribution in [1.82, 2.24) is 30.4 Å². The lowest BCUT2D eigenvalue weighted by atomic mass is 10.1. The number of anilines is 1. The molecule has 2 aliphatic heterocycles. The average molecular weight is 546 g/mol. The van der Waals surface area contributed by atoms with E-state index in [0.29, 0.717) is 36.7 Å². The lowest BCUT2D eigenvalue weighted by Crippen LogP contribution is -2.36. The summed E-state index contributed by atoms with van der Waals surface area (Å²) in [5.74, 6) is 0.665. The molecule has 2 aliphatic rings. The van der Waals surface area contributed by atoms with Crippen molar-refractivity contribution in [2.24, 2.45) is 5.92 Å². The summed E-state index contributed by atoms with van der Waals surface area (Å²) >= 11 is 0. The third-order valence-corrected chi connectivity index (χ3v) is 7.38. The minimum Gasteiger partial charge on any atom is -0.444 e. The Morgan fingerprint density at radius 2 is 1.93 bits per heavy atom. The molecule has 0 spiro atoms. The molecule has 11 heteroatoms. The summed E-state index contributed by atoms with van der Waals surface area (Å²) in [4.78, 5) is 37.6. The van der Waals surface area contributed by atoms with Crippen molar-refractivity contribution >= 4 is 39.6 Å². The molecule has 0 saturated carbocycles. The van der Waals surface area contributed by atoms with Gasteiger partial charge in [0, 0.05) is 49.4 Å². The molecule has 2 aromatic carbocycles. The molecule has 2 amide bonds. The number of imidazole rings is 1. The van der Waals surface area contributed by atoms with Gasteiger partial charge >= 0.3 is 6.09 Å². The molecule has 0 bridgehead atoms. The molecule has 0 unspecified atom stereocenters. The second-order valence-electron chi connectivity index (χ2n) is 11.5. The summed E-state index contributed by atoms with van der Waals surface area (Å²) in [6.45, 7) is 10.5. The minimum atomic E-state index is -0.526. The van der Waals surface area contributed by atoms with Gasteiger partial charge in [-0.2, -0.15) is 5.10 Å². The zero-order chi connectivity index (χ0) is 27.9. The number of carbonyl (C=O) groups is 2. The number of H-pyrrole nitrogens is 2. The number of morpholine rings is 1. The van der Waals surface area contributed by atoms with Gasteiger partial charge in [-0.1, -0.05) is 0 Å². The molecular formula is C29H35N7O4. The highest BCUT2D eigenvalue weighted by Gasteiger charge is 2.30. The van der Waals surface area contributed by atoms with Crippen LogP contribution in [0.1, 0.15) is 37.6 Å². The average Bonchev–Trinajstić information content (AvgIpc) is 3.68. The van der Waals surface area contributed by atoms with Crippen LogP contribution < -0.4 is 10.2 Å². The predicted octanol–water partition coefficient (Wildman–Crippen LogP) is 3.93. The third kappa shape index (κ3) is 5.46. The number of ether oxygens (including phenoxy) is 2. The van der Waals surface area contributed by atoms with Crippen LogP contribution in [0, 0.1) is 5.92 Å². The van der Waals surface area contributed by atoms with Crippen molar-refractivity contribution in [2.45, 2.75) is 32.8 Å². The topological polar surface area (TPSA) is 128 Å². The summed E-state index contributed by atoms with van der Waals surface area (Å²) < 4.78 is 11.0. The van der Waals surface area contributed by atoms with Gasteiger partial charge in [0.05, 0.1) is 29.8 Å². The van der Waals surface area contributed by atoms with Crippen LogP contribution in [0.25, 0.3) is 33.5 Å². The molecule has 1 atom stereocenters. The van der Waals surface area contributed by atoms with Crippen molar-refractivity contribution in [2.75, 3.05) is 50.8 Å². The molecule has 11 nitrogen and oxygen atoms in total. The maximum atomic E-state index is 13.1. The second kappa shape index (κ2) is 10.5. The number of carbonyl (C=O) groups excluding carboxylic acids is 2. The highest BCUT2D eigenvalue weighted by Crippen LogP contribution is 2.29. The first-order valence-electron chi connectivity index (χ1n) is 13.8. The van der Waals surface area contributed by atoms with Crippen molar-refractivity contribution < 1.29 is 19.1 Å². The molecule has 3 N–H and O–H groups in total. The number of nitrogens with zero attached hydrogens (tertiary/aromatic N) is 4. The number of aromatic amines is 2. The number of nitrogens with one attached hydrogen (secondary N) is 3. The number of benzene rings is 2. The largest absolute Gasteiger partial charge is 0.444 e. The van der Waals surface area contributed by atoms with Gasteiger partial charge in [-0.05, 0) is 69.5 Å². The Bertz CT molecular complexity index is 1550.